The minimum atomic E-state index is -1.19. The number of rotatable bonds is 4. The van der Waals surface area contributed by atoms with Crippen molar-refractivity contribution in [1.29, 1.82) is 0 Å². The van der Waals surface area contributed by atoms with Crippen LogP contribution >= 0.6 is 12.4 Å². The summed E-state index contributed by atoms with van der Waals surface area (Å²) in [6, 6.07) is 0. The molecule has 0 saturated carbocycles. The molecule has 1 aromatic rings. The summed E-state index contributed by atoms with van der Waals surface area (Å²) in [6.07, 6.45) is 4.80. The molecule has 84 valence electrons. The molecular formula is C9H14ClN3O2. The van der Waals surface area contributed by atoms with Crippen LogP contribution in [-0.4, -0.2) is 28.6 Å². The third kappa shape index (κ3) is 3.07. The molecule has 0 aromatic carbocycles. The first-order chi connectivity index (χ1) is 6.62. The number of esters is 1. The fraction of sp³-hybridized carbons (Fsp3) is 0.333. The smallest absolute Gasteiger partial charge is 0.330 e. The molecule has 0 aliphatic heterocycles. The monoisotopic (exact) mass is 231 g/mol. The summed E-state index contributed by atoms with van der Waals surface area (Å²) in [5.74, 6) is -0.512. The Morgan fingerprint density at radius 2 is 2.53 bits per heavy atom. The summed E-state index contributed by atoms with van der Waals surface area (Å²) < 4.78 is 4.59. The van der Waals surface area contributed by atoms with Crippen molar-refractivity contribution in [1.82, 2.24) is 9.97 Å². The summed E-state index contributed by atoms with van der Waals surface area (Å²) in [7, 11) is 1.29. The van der Waals surface area contributed by atoms with Crippen LogP contribution in [0.15, 0.2) is 25.2 Å². The fourth-order valence-corrected chi connectivity index (χ4v) is 1.11. The molecule has 1 aromatic heterocycles. The van der Waals surface area contributed by atoms with Gasteiger partial charge in [-0.3, -0.25) is 0 Å². The van der Waals surface area contributed by atoms with Crippen molar-refractivity contribution in [2.45, 2.75) is 12.0 Å². The second-order valence-corrected chi connectivity index (χ2v) is 2.99. The minimum absolute atomic E-state index is 0. The lowest BCUT2D eigenvalue weighted by Gasteiger charge is -2.21. The molecule has 1 heterocycles. The SMILES string of the molecule is C=CC(N)(Cc1cnc[nH]1)C(=O)OC.Cl. The van der Waals surface area contributed by atoms with Gasteiger partial charge >= 0.3 is 5.97 Å². The van der Waals surface area contributed by atoms with Crippen LogP contribution in [0.5, 0.6) is 0 Å². The zero-order valence-corrected chi connectivity index (χ0v) is 9.21. The number of hydrogen-bond donors (Lipinski definition) is 2. The van der Waals surface area contributed by atoms with Crippen LogP contribution in [0.3, 0.4) is 0 Å². The lowest BCUT2D eigenvalue weighted by molar-refractivity contribution is -0.145. The lowest BCUT2D eigenvalue weighted by atomic mass is 9.95. The number of ether oxygens (including phenoxy) is 1. The number of aromatic nitrogens is 2. The first-order valence-electron chi connectivity index (χ1n) is 4.10. The third-order valence-corrected chi connectivity index (χ3v) is 1.97. The van der Waals surface area contributed by atoms with Crippen molar-refractivity contribution in [2.75, 3.05) is 7.11 Å². The van der Waals surface area contributed by atoms with Gasteiger partial charge in [-0.15, -0.1) is 19.0 Å². The van der Waals surface area contributed by atoms with Gasteiger partial charge in [0.1, 0.15) is 5.54 Å². The minimum Gasteiger partial charge on any atom is -0.467 e. The molecule has 0 bridgehead atoms. The number of nitrogens with two attached hydrogens (primary N) is 1. The van der Waals surface area contributed by atoms with E-state index in [4.69, 9.17) is 5.73 Å². The fourth-order valence-electron chi connectivity index (χ4n) is 1.11. The largest absolute Gasteiger partial charge is 0.467 e. The molecule has 1 unspecified atom stereocenters. The van der Waals surface area contributed by atoms with Crippen molar-refractivity contribution in [2.24, 2.45) is 5.73 Å². The Morgan fingerprint density at radius 3 is 2.93 bits per heavy atom. The molecule has 0 saturated heterocycles. The average Bonchev–Trinajstić information content (AvgIpc) is 2.68. The highest BCUT2D eigenvalue weighted by Gasteiger charge is 2.32. The van der Waals surface area contributed by atoms with Crippen molar-refractivity contribution >= 4 is 18.4 Å². The van der Waals surface area contributed by atoms with E-state index in [1.807, 2.05) is 0 Å². The van der Waals surface area contributed by atoms with Gasteiger partial charge in [-0.2, -0.15) is 0 Å². The van der Waals surface area contributed by atoms with E-state index < -0.39 is 11.5 Å². The summed E-state index contributed by atoms with van der Waals surface area (Å²) in [4.78, 5) is 18.0. The van der Waals surface area contributed by atoms with E-state index >= 15 is 0 Å². The van der Waals surface area contributed by atoms with Crippen LogP contribution in [0.25, 0.3) is 0 Å². The highest BCUT2D eigenvalue weighted by atomic mass is 35.5. The number of imidazole rings is 1. The Hall–Kier alpha value is -1.33. The second kappa shape index (κ2) is 5.53. The summed E-state index contributed by atoms with van der Waals surface area (Å²) in [5, 5.41) is 0. The van der Waals surface area contributed by atoms with Crippen LogP contribution in [-0.2, 0) is 16.0 Å². The average molecular weight is 232 g/mol. The lowest BCUT2D eigenvalue weighted by Crippen LogP contribution is -2.48. The van der Waals surface area contributed by atoms with Gasteiger partial charge < -0.3 is 15.5 Å². The van der Waals surface area contributed by atoms with Crippen LogP contribution in [0.1, 0.15) is 5.69 Å². The number of nitrogens with zero attached hydrogens (tertiary/aromatic N) is 1. The molecule has 3 N–H and O–H groups in total. The van der Waals surface area contributed by atoms with Gasteiger partial charge in [0.25, 0.3) is 0 Å². The van der Waals surface area contributed by atoms with E-state index in [0.29, 0.717) is 6.42 Å². The molecule has 0 fully saturated rings. The molecule has 0 spiro atoms. The maximum Gasteiger partial charge on any atom is 0.330 e. The van der Waals surface area contributed by atoms with E-state index in [2.05, 4.69) is 21.3 Å². The number of hydrogen-bond acceptors (Lipinski definition) is 4. The number of carbonyl (C=O) groups is 1. The number of H-pyrrole nitrogens is 1. The molecule has 5 nitrogen and oxygen atoms in total. The number of carbonyl (C=O) groups excluding carboxylic acids is 1. The van der Waals surface area contributed by atoms with Crippen LogP contribution < -0.4 is 5.73 Å². The van der Waals surface area contributed by atoms with E-state index in [1.54, 1.807) is 6.20 Å². The topological polar surface area (TPSA) is 81.0 Å². The van der Waals surface area contributed by atoms with E-state index in [1.165, 1.54) is 19.5 Å². The molecule has 0 amide bonds. The zero-order valence-electron chi connectivity index (χ0n) is 8.40. The Bertz CT molecular complexity index is 326. The van der Waals surface area contributed by atoms with E-state index in [0.717, 1.165) is 5.69 Å². The third-order valence-electron chi connectivity index (χ3n) is 1.97. The maximum atomic E-state index is 11.3. The van der Waals surface area contributed by atoms with Crippen molar-refractivity contribution in [3.63, 3.8) is 0 Å². The van der Waals surface area contributed by atoms with Gasteiger partial charge in [-0.25, -0.2) is 9.78 Å². The van der Waals surface area contributed by atoms with Crippen LogP contribution in [0, 0.1) is 0 Å². The Labute approximate surface area is 94.1 Å². The van der Waals surface area contributed by atoms with Crippen LogP contribution in [0.4, 0.5) is 0 Å². The summed E-state index contributed by atoms with van der Waals surface area (Å²) in [6.45, 7) is 3.52. The first kappa shape index (κ1) is 13.7. The summed E-state index contributed by atoms with van der Waals surface area (Å²) in [5.41, 5.74) is 5.37. The molecule has 1 rings (SSSR count). The Morgan fingerprint density at radius 1 is 1.87 bits per heavy atom. The molecule has 0 radical (unpaired) electrons. The van der Waals surface area contributed by atoms with Gasteiger partial charge in [0.2, 0.25) is 0 Å². The van der Waals surface area contributed by atoms with Gasteiger partial charge in [-0.1, -0.05) is 6.08 Å². The second-order valence-electron chi connectivity index (χ2n) is 2.99. The van der Waals surface area contributed by atoms with E-state index in [9.17, 15) is 4.79 Å². The zero-order chi connectivity index (χ0) is 10.6. The van der Waals surface area contributed by atoms with Crippen molar-refractivity contribution in [3.05, 3.63) is 30.9 Å². The normalized spacial score (nSPS) is 13.5. The van der Waals surface area contributed by atoms with Crippen molar-refractivity contribution in [3.8, 4) is 0 Å². The Balaban J connectivity index is 0.00000196. The molecule has 0 aliphatic carbocycles. The van der Waals surface area contributed by atoms with Crippen molar-refractivity contribution < 1.29 is 9.53 Å². The number of nitrogens with one attached hydrogen (secondary N) is 1. The van der Waals surface area contributed by atoms with Crippen LogP contribution in [0.2, 0.25) is 0 Å². The standard InChI is InChI=1S/C9H13N3O2.ClH/c1-3-9(10,8(13)14-2)4-7-5-11-6-12-7;/h3,5-6H,1,4,10H2,2H3,(H,11,12);1H. The summed E-state index contributed by atoms with van der Waals surface area (Å²) >= 11 is 0. The first-order valence-corrected chi connectivity index (χ1v) is 4.10. The highest BCUT2D eigenvalue weighted by molar-refractivity contribution is 5.85. The van der Waals surface area contributed by atoms with Gasteiger partial charge in [-0.05, 0) is 0 Å². The number of aromatic amines is 1. The molecule has 15 heavy (non-hydrogen) atoms. The predicted octanol–water partition coefficient (Wildman–Crippen LogP) is 0.431. The van der Waals surface area contributed by atoms with Gasteiger partial charge in [0.05, 0.1) is 13.4 Å². The number of halogens is 1. The number of methoxy groups -OCH3 is 1. The van der Waals surface area contributed by atoms with Gasteiger partial charge in [0, 0.05) is 18.3 Å². The molecule has 0 aliphatic rings. The van der Waals surface area contributed by atoms with Gasteiger partial charge in [0.15, 0.2) is 0 Å². The highest BCUT2D eigenvalue weighted by Crippen LogP contribution is 2.11. The molecular weight excluding hydrogens is 218 g/mol. The molecule has 6 heteroatoms. The quantitative estimate of drug-likeness (QED) is 0.582. The van der Waals surface area contributed by atoms with E-state index in [-0.39, 0.29) is 12.4 Å². The molecule has 1 atom stereocenters. The Kier molecular flexibility index (Phi) is 5.04. The maximum absolute atomic E-state index is 11.3. The predicted molar refractivity (Wildman–Crippen MR) is 58.7 cm³/mol.